The third-order valence-electron chi connectivity index (χ3n) is 4.43. The number of nitrogens with zero attached hydrogens (tertiary/aromatic N) is 1. The number of ether oxygens (including phenoxy) is 3. The number of ketones is 1. The summed E-state index contributed by atoms with van der Waals surface area (Å²) in [6, 6.07) is 7.82. The van der Waals surface area contributed by atoms with E-state index in [0.29, 0.717) is 24.5 Å². The number of hydrogen-bond donors (Lipinski definition) is 1. The summed E-state index contributed by atoms with van der Waals surface area (Å²) < 4.78 is 42.6. The number of benzene rings is 1. The molecular weight excluding hydrogens is 412 g/mol. The molecule has 3 rings (SSSR count). The predicted molar refractivity (Wildman–Crippen MR) is 108 cm³/mol. The molecule has 0 amide bonds. The van der Waals surface area contributed by atoms with Gasteiger partial charge >= 0.3 is 5.97 Å². The van der Waals surface area contributed by atoms with Crippen LogP contribution >= 0.6 is 0 Å². The van der Waals surface area contributed by atoms with Gasteiger partial charge in [0.2, 0.25) is 15.8 Å². The Morgan fingerprint density at radius 1 is 1.23 bits per heavy atom. The molecule has 0 aliphatic carbocycles. The molecule has 0 unspecified atom stereocenters. The first-order valence-corrected chi connectivity index (χ1v) is 10.6. The number of aromatic amines is 1. The van der Waals surface area contributed by atoms with Crippen LogP contribution in [0.5, 0.6) is 5.75 Å². The zero-order valence-electron chi connectivity index (χ0n) is 16.4. The Morgan fingerprint density at radius 3 is 2.67 bits per heavy atom. The van der Waals surface area contributed by atoms with Gasteiger partial charge in [-0.05, 0) is 35.9 Å². The monoisotopic (exact) mass is 434 g/mol. The second kappa shape index (κ2) is 9.70. The van der Waals surface area contributed by atoms with E-state index in [-0.39, 0.29) is 29.5 Å². The summed E-state index contributed by atoms with van der Waals surface area (Å²) in [5.41, 5.74) is 0.815. The number of esters is 1. The number of Topliss-reactive ketones (excluding diaryl/α,β-unsaturated/α-hetero) is 1. The zero-order chi connectivity index (χ0) is 21.6. The van der Waals surface area contributed by atoms with E-state index in [9.17, 15) is 18.0 Å². The molecule has 0 spiro atoms. The van der Waals surface area contributed by atoms with Crippen molar-refractivity contribution in [3.63, 3.8) is 0 Å². The molecule has 9 nitrogen and oxygen atoms in total. The van der Waals surface area contributed by atoms with Crippen LogP contribution in [-0.2, 0) is 24.3 Å². The Hall–Kier alpha value is -2.95. The molecule has 30 heavy (non-hydrogen) atoms. The van der Waals surface area contributed by atoms with Gasteiger partial charge in [-0.15, -0.1) is 0 Å². The van der Waals surface area contributed by atoms with Crippen molar-refractivity contribution in [1.82, 2.24) is 9.29 Å². The molecule has 0 radical (unpaired) electrons. The van der Waals surface area contributed by atoms with Gasteiger partial charge in [0.15, 0.2) is 6.61 Å². The van der Waals surface area contributed by atoms with Gasteiger partial charge in [0.05, 0.1) is 26.0 Å². The highest BCUT2D eigenvalue weighted by Gasteiger charge is 2.29. The maximum absolute atomic E-state index is 13.0. The van der Waals surface area contributed by atoms with Crippen LogP contribution in [0, 0.1) is 0 Å². The number of morpholine rings is 1. The molecule has 1 N–H and O–H groups in total. The largest absolute Gasteiger partial charge is 0.495 e. The quantitative estimate of drug-likeness (QED) is 0.380. The lowest BCUT2D eigenvalue weighted by Crippen LogP contribution is -2.40. The van der Waals surface area contributed by atoms with Gasteiger partial charge in [-0.1, -0.05) is 6.07 Å². The van der Waals surface area contributed by atoms with Crippen LogP contribution in [0.3, 0.4) is 0 Å². The van der Waals surface area contributed by atoms with Gasteiger partial charge in [0.1, 0.15) is 10.6 Å². The van der Waals surface area contributed by atoms with Crippen molar-refractivity contribution in [2.45, 2.75) is 4.90 Å². The summed E-state index contributed by atoms with van der Waals surface area (Å²) >= 11 is 0. The molecule has 160 valence electrons. The molecule has 1 aliphatic rings. The molecule has 1 aromatic heterocycles. The summed E-state index contributed by atoms with van der Waals surface area (Å²) in [5, 5.41) is 0. The van der Waals surface area contributed by atoms with E-state index in [1.807, 2.05) is 0 Å². The fraction of sp³-hybridized carbons (Fsp3) is 0.300. The minimum atomic E-state index is -3.78. The van der Waals surface area contributed by atoms with Gasteiger partial charge < -0.3 is 19.2 Å². The molecule has 2 heterocycles. The Balaban J connectivity index is 1.71. The molecule has 0 atom stereocenters. The number of rotatable bonds is 8. The van der Waals surface area contributed by atoms with Crippen molar-refractivity contribution in [2.24, 2.45) is 0 Å². The van der Waals surface area contributed by atoms with Crippen LogP contribution in [0.2, 0.25) is 0 Å². The fourth-order valence-corrected chi connectivity index (χ4v) is 4.45. The number of carbonyl (C=O) groups excluding carboxylic acids is 2. The van der Waals surface area contributed by atoms with Crippen molar-refractivity contribution in [3.8, 4) is 5.75 Å². The topological polar surface area (TPSA) is 115 Å². The average Bonchev–Trinajstić information content (AvgIpc) is 3.31. The van der Waals surface area contributed by atoms with Crippen LogP contribution in [-0.4, -0.2) is 69.5 Å². The second-order valence-electron chi connectivity index (χ2n) is 6.37. The summed E-state index contributed by atoms with van der Waals surface area (Å²) in [4.78, 5) is 26.5. The average molecular weight is 434 g/mol. The smallest absolute Gasteiger partial charge is 0.331 e. The third kappa shape index (κ3) is 5.15. The number of H-pyrrole nitrogens is 1. The van der Waals surface area contributed by atoms with Crippen LogP contribution in [0.1, 0.15) is 16.1 Å². The van der Waals surface area contributed by atoms with E-state index in [4.69, 9.17) is 14.2 Å². The summed E-state index contributed by atoms with van der Waals surface area (Å²) in [5.74, 6) is -0.869. The van der Waals surface area contributed by atoms with Crippen molar-refractivity contribution < 1.29 is 32.2 Å². The molecule has 0 saturated carbocycles. The van der Waals surface area contributed by atoms with Crippen molar-refractivity contribution in [2.75, 3.05) is 40.0 Å². The molecule has 1 aromatic carbocycles. The Kier molecular flexibility index (Phi) is 7.03. The predicted octanol–water partition coefficient (Wildman–Crippen LogP) is 1.48. The summed E-state index contributed by atoms with van der Waals surface area (Å²) in [7, 11) is -2.39. The highest BCUT2D eigenvalue weighted by Crippen LogP contribution is 2.28. The molecule has 2 aromatic rings. The van der Waals surface area contributed by atoms with E-state index < -0.39 is 22.6 Å². The van der Waals surface area contributed by atoms with Crippen molar-refractivity contribution in [1.29, 1.82) is 0 Å². The van der Waals surface area contributed by atoms with Crippen LogP contribution in [0.25, 0.3) is 6.08 Å². The van der Waals surface area contributed by atoms with Crippen molar-refractivity contribution in [3.05, 3.63) is 53.9 Å². The second-order valence-corrected chi connectivity index (χ2v) is 8.28. The first-order chi connectivity index (χ1) is 14.4. The first-order valence-electron chi connectivity index (χ1n) is 9.19. The number of hydrogen-bond acceptors (Lipinski definition) is 7. The third-order valence-corrected chi connectivity index (χ3v) is 6.35. The number of aromatic nitrogens is 1. The van der Waals surface area contributed by atoms with E-state index in [0.717, 1.165) is 6.08 Å². The molecule has 1 saturated heterocycles. The minimum Gasteiger partial charge on any atom is -0.495 e. The Bertz CT molecular complexity index is 1020. The lowest BCUT2D eigenvalue weighted by molar-refractivity contribution is -0.136. The Morgan fingerprint density at radius 2 is 2.00 bits per heavy atom. The van der Waals surface area contributed by atoms with Crippen LogP contribution in [0.4, 0.5) is 0 Å². The first kappa shape index (κ1) is 21.8. The fourth-order valence-electron chi connectivity index (χ4n) is 2.86. The highest BCUT2D eigenvalue weighted by molar-refractivity contribution is 7.89. The lowest BCUT2D eigenvalue weighted by Gasteiger charge is -2.26. The van der Waals surface area contributed by atoms with Gasteiger partial charge in [-0.2, -0.15) is 4.31 Å². The van der Waals surface area contributed by atoms with E-state index in [2.05, 4.69) is 4.98 Å². The highest BCUT2D eigenvalue weighted by atomic mass is 32.2. The van der Waals surface area contributed by atoms with Gasteiger partial charge in [0, 0.05) is 25.4 Å². The van der Waals surface area contributed by atoms with Gasteiger partial charge in [0.25, 0.3) is 0 Å². The zero-order valence-corrected chi connectivity index (χ0v) is 17.2. The summed E-state index contributed by atoms with van der Waals surface area (Å²) in [6.07, 6.45) is 4.15. The van der Waals surface area contributed by atoms with E-state index in [1.54, 1.807) is 24.4 Å². The molecule has 1 aliphatic heterocycles. The standard InChI is InChI=1S/C20H22N2O7S/c1-27-18-6-4-15(13-19(18)30(25,26)22-9-11-28-12-10-22)5-7-20(24)29-14-17(23)16-3-2-8-21-16/h2-8,13,21H,9-12,14H2,1H3. The molecule has 0 bridgehead atoms. The SMILES string of the molecule is COc1ccc(C=CC(=O)OCC(=O)c2ccc[nH]2)cc1S(=O)(=O)N1CCOCC1. The number of sulfonamides is 1. The van der Waals surface area contributed by atoms with Gasteiger partial charge in [-0.3, -0.25) is 4.79 Å². The van der Waals surface area contributed by atoms with E-state index >= 15 is 0 Å². The number of nitrogens with one attached hydrogen (secondary N) is 1. The molecule has 10 heteroatoms. The number of carbonyl (C=O) groups is 2. The van der Waals surface area contributed by atoms with Gasteiger partial charge in [-0.25, -0.2) is 13.2 Å². The van der Waals surface area contributed by atoms with Crippen LogP contribution < -0.4 is 4.74 Å². The maximum Gasteiger partial charge on any atom is 0.331 e. The lowest BCUT2D eigenvalue weighted by atomic mass is 10.2. The molecule has 1 fully saturated rings. The van der Waals surface area contributed by atoms with Crippen LogP contribution in [0.15, 0.2) is 47.5 Å². The Labute approximate surface area is 174 Å². The number of methoxy groups -OCH3 is 1. The molecular formula is C20H22N2O7S. The van der Waals surface area contributed by atoms with E-state index in [1.165, 1.54) is 29.6 Å². The summed E-state index contributed by atoms with van der Waals surface area (Å²) in [6.45, 7) is 0.769. The van der Waals surface area contributed by atoms with Crippen molar-refractivity contribution >= 4 is 27.9 Å². The maximum atomic E-state index is 13.0. The minimum absolute atomic E-state index is 0.00402. The normalized spacial score (nSPS) is 15.2.